The minimum absolute atomic E-state index is 0.131. The molecule has 0 spiro atoms. The number of morpholine rings is 1. The minimum Gasteiger partial charge on any atom is -0.497 e. The highest BCUT2D eigenvalue weighted by Gasteiger charge is 2.45. The highest BCUT2D eigenvalue weighted by molar-refractivity contribution is 5.98. The van der Waals surface area contributed by atoms with Crippen LogP contribution in [0.5, 0.6) is 5.75 Å². The standard InChI is InChI=1S/C20H26FNO5/c1-20(2,3)27-19(24)22-15-6-13(7-16(22)11-26-10-15)18(23)12-5-14(21)9-17(8-12)25-4/h5,8-9,13,15-16H,6-7,10-11H2,1-4H3. The molecule has 0 aromatic heterocycles. The van der Waals surface area contributed by atoms with Crippen molar-refractivity contribution in [1.29, 1.82) is 0 Å². The summed E-state index contributed by atoms with van der Waals surface area (Å²) in [5.41, 5.74) is -0.293. The van der Waals surface area contributed by atoms with Gasteiger partial charge in [-0.25, -0.2) is 9.18 Å². The Morgan fingerprint density at radius 1 is 1.15 bits per heavy atom. The molecular formula is C20H26FNO5. The highest BCUT2D eigenvalue weighted by atomic mass is 19.1. The van der Waals surface area contributed by atoms with Gasteiger partial charge < -0.3 is 14.2 Å². The maximum atomic E-state index is 13.8. The summed E-state index contributed by atoms with van der Waals surface area (Å²) in [6.07, 6.45) is 0.556. The van der Waals surface area contributed by atoms with Crippen molar-refractivity contribution < 1.29 is 28.2 Å². The number of ether oxygens (including phenoxy) is 3. The first kappa shape index (κ1) is 19.6. The van der Waals surface area contributed by atoms with Gasteiger partial charge in [0.05, 0.1) is 32.4 Å². The van der Waals surface area contributed by atoms with Crippen LogP contribution in [-0.2, 0) is 9.47 Å². The van der Waals surface area contributed by atoms with Gasteiger partial charge in [-0.3, -0.25) is 9.69 Å². The van der Waals surface area contributed by atoms with Crippen LogP contribution in [0.3, 0.4) is 0 Å². The lowest BCUT2D eigenvalue weighted by atomic mass is 9.81. The molecule has 2 bridgehead atoms. The van der Waals surface area contributed by atoms with Crippen molar-refractivity contribution in [2.45, 2.75) is 51.3 Å². The van der Waals surface area contributed by atoms with Crippen LogP contribution >= 0.6 is 0 Å². The van der Waals surface area contributed by atoms with E-state index in [0.717, 1.165) is 0 Å². The highest BCUT2D eigenvalue weighted by Crippen LogP contribution is 2.35. The van der Waals surface area contributed by atoms with Gasteiger partial charge in [-0.2, -0.15) is 0 Å². The van der Waals surface area contributed by atoms with E-state index >= 15 is 0 Å². The van der Waals surface area contributed by atoms with E-state index in [1.807, 2.05) is 20.8 Å². The lowest BCUT2D eigenvalue weighted by Gasteiger charge is -2.47. The first-order valence-electron chi connectivity index (χ1n) is 9.16. The summed E-state index contributed by atoms with van der Waals surface area (Å²) in [6.45, 7) is 6.21. The fraction of sp³-hybridized carbons (Fsp3) is 0.600. The molecule has 1 amide bonds. The number of ketones is 1. The third-order valence-corrected chi connectivity index (χ3v) is 4.89. The van der Waals surface area contributed by atoms with Crippen LogP contribution in [0.25, 0.3) is 0 Å². The number of hydrogen-bond acceptors (Lipinski definition) is 5. The number of amides is 1. The van der Waals surface area contributed by atoms with Crippen molar-refractivity contribution in [2.75, 3.05) is 20.3 Å². The zero-order valence-corrected chi connectivity index (χ0v) is 16.2. The second kappa shape index (κ2) is 7.46. The van der Waals surface area contributed by atoms with Crippen LogP contribution in [0, 0.1) is 11.7 Å². The first-order valence-corrected chi connectivity index (χ1v) is 9.16. The third-order valence-electron chi connectivity index (χ3n) is 4.89. The summed E-state index contributed by atoms with van der Waals surface area (Å²) in [5, 5.41) is 0. The van der Waals surface area contributed by atoms with E-state index in [9.17, 15) is 14.0 Å². The van der Waals surface area contributed by atoms with Crippen molar-refractivity contribution in [2.24, 2.45) is 5.92 Å². The Hall–Kier alpha value is -2.15. The van der Waals surface area contributed by atoms with Gasteiger partial charge in [-0.15, -0.1) is 0 Å². The van der Waals surface area contributed by atoms with E-state index in [4.69, 9.17) is 14.2 Å². The van der Waals surface area contributed by atoms with Crippen molar-refractivity contribution in [1.82, 2.24) is 4.90 Å². The lowest BCUT2D eigenvalue weighted by Crippen LogP contribution is -2.60. The summed E-state index contributed by atoms with van der Waals surface area (Å²) < 4.78 is 30.0. The molecule has 7 heteroatoms. The van der Waals surface area contributed by atoms with E-state index in [1.165, 1.54) is 19.2 Å². The van der Waals surface area contributed by atoms with Gasteiger partial charge in [0.2, 0.25) is 0 Å². The summed E-state index contributed by atoms with van der Waals surface area (Å²) in [6, 6.07) is 3.58. The molecule has 2 fully saturated rings. The zero-order chi connectivity index (χ0) is 19.8. The average Bonchev–Trinajstić information content (AvgIpc) is 2.57. The molecule has 0 N–H and O–H groups in total. The molecule has 3 rings (SSSR count). The zero-order valence-electron chi connectivity index (χ0n) is 16.2. The molecule has 2 aliphatic heterocycles. The van der Waals surface area contributed by atoms with Gasteiger partial charge in [-0.05, 0) is 45.7 Å². The van der Waals surface area contributed by atoms with Gasteiger partial charge in [0.25, 0.3) is 0 Å². The summed E-state index contributed by atoms with van der Waals surface area (Å²) in [5.74, 6) is -0.622. The van der Waals surface area contributed by atoms with Crippen molar-refractivity contribution in [3.8, 4) is 5.75 Å². The van der Waals surface area contributed by atoms with Gasteiger partial charge in [0.15, 0.2) is 5.78 Å². The number of fused-ring (bicyclic) bond motifs is 2. The number of carbonyl (C=O) groups excluding carboxylic acids is 2. The molecule has 27 heavy (non-hydrogen) atoms. The molecule has 6 nitrogen and oxygen atoms in total. The summed E-state index contributed by atoms with van der Waals surface area (Å²) >= 11 is 0. The Kier molecular flexibility index (Phi) is 5.42. The molecule has 2 unspecified atom stereocenters. The van der Waals surface area contributed by atoms with Crippen molar-refractivity contribution in [3.63, 3.8) is 0 Å². The molecule has 1 aromatic carbocycles. The molecule has 2 aliphatic rings. The van der Waals surface area contributed by atoms with Gasteiger partial charge in [0, 0.05) is 17.5 Å². The Balaban J connectivity index is 1.77. The second-order valence-corrected chi connectivity index (χ2v) is 8.15. The smallest absolute Gasteiger partial charge is 0.410 e. The topological polar surface area (TPSA) is 65.1 Å². The number of Topliss-reactive ketones (excluding diaryl/α,β-unsaturated/α-hetero) is 1. The minimum atomic E-state index is -0.586. The Labute approximate surface area is 158 Å². The van der Waals surface area contributed by atoms with Crippen LogP contribution in [0.2, 0.25) is 0 Å². The maximum Gasteiger partial charge on any atom is 0.410 e. The molecule has 0 aliphatic carbocycles. The number of methoxy groups -OCH3 is 1. The van der Waals surface area contributed by atoms with Crippen LogP contribution in [0.15, 0.2) is 18.2 Å². The Morgan fingerprint density at radius 3 is 2.33 bits per heavy atom. The van der Waals surface area contributed by atoms with E-state index in [0.29, 0.717) is 37.4 Å². The van der Waals surface area contributed by atoms with E-state index < -0.39 is 11.4 Å². The molecule has 0 saturated carbocycles. The quantitative estimate of drug-likeness (QED) is 0.753. The fourth-order valence-electron chi connectivity index (χ4n) is 3.80. The Morgan fingerprint density at radius 2 is 1.78 bits per heavy atom. The molecule has 1 aromatic rings. The summed E-state index contributed by atoms with van der Waals surface area (Å²) in [7, 11) is 1.43. The van der Waals surface area contributed by atoms with Crippen molar-refractivity contribution >= 4 is 11.9 Å². The van der Waals surface area contributed by atoms with Crippen molar-refractivity contribution in [3.05, 3.63) is 29.6 Å². The monoisotopic (exact) mass is 379 g/mol. The van der Waals surface area contributed by atoms with Gasteiger partial charge in [0.1, 0.15) is 17.2 Å². The molecular weight excluding hydrogens is 353 g/mol. The van der Waals surface area contributed by atoms with E-state index in [-0.39, 0.29) is 29.9 Å². The molecule has 2 saturated heterocycles. The number of carbonyl (C=O) groups is 2. The second-order valence-electron chi connectivity index (χ2n) is 8.15. The molecule has 2 heterocycles. The SMILES string of the molecule is COc1cc(F)cc(C(=O)C2CC3COCC(C2)N3C(=O)OC(C)(C)C)c1. The molecule has 148 valence electrons. The van der Waals surface area contributed by atoms with Gasteiger partial charge >= 0.3 is 6.09 Å². The van der Waals surface area contributed by atoms with Gasteiger partial charge in [-0.1, -0.05) is 0 Å². The number of hydrogen-bond donors (Lipinski definition) is 0. The Bertz CT molecular complexity index is 716. The predicted molar refractivity (Wildman–Crippen MR) is 96.5 cm³/mol. The maximum absolute atomic E-state index is 13.8. The number of rotatable bonds is 3. The van der Waals surface area contributed by atoms with E-state index in [2.05, 4.69) is 0 Å². The number of nitrogens with zero attached hydrogens (tertiary/aromatic N) is 1. The summed E-state index contributed by atoms with van der Waals surface area (Å²) in [4.78, 5) is 27.3. The third kappa shape index (κ3) is 4.40. The van der Waals surface area contributed by atoms with Crippen LogP contribution in [0.4, 0.5) is 9.18 Å². The lowest BCUT2D eigenvalue weighted by molar-refractivity contribution is -0.0861. The number of halogens is 1. The van der Waals surface area contributed by atoms with Crippen LogP contribution in [-0.4, -0.2) is 54.8 Å². The molecule has 2 atom stereocenters. The largest absolute Gasteiger partial charge is 0.497 e. The number of benzene rings is 1. The van der Waals surface area contributed by atoms with Crippen LogP contribution < -0.4 is 4.74 Å². The average molecular weight is 379 g/mol. The number of piperidine rings is 1. The predicted octanol–water partition coefficient (Wildman–Crippen LogP) is 3.43. The molecule has 0 radical (unpaired) electrons. The van der Waals surface area contributed by atoms with E-state index in [1.54, 1.807) is 11.0 Å². The first-order chi connectivity index (χ1) is 12.7. The normalized spacial score (nSPS) is 25.1. The van der Waals surface area contributed by atoms with Crippen LogP contribution in [0.1, 0.15) is 44.0 Å². The fourth-order valence-corrected chi connectivity index (χ4v) is 3.80.